The van der Waals surface area contributed by atoms with Crippen LogP contribution in [0.2, 0.25) is 0 Å². The highest BCUT2D eigenvalue weighted by molar-refractivity contribution is 5.26. The van der Waals surface area contributed by atoms with E-state index in [2.05, 4.69) is 13.8 Å². The number of aliphatic hydroxyl groups excluding tert-OH is 2. The molecular weight excluding hydrogens is 202 g/mol. The van der Waals surface area contributed by atoms with Gasteiger partial charge in [0.15, 0.2) is 0 Å². The average molecular weight is 219 g/mol. The minimum atomic E-state index is -1.02. The van der Waals surface area contributed by atoms with Crippen molar-refractivity contribution in [2.75, 3.05) is 0 Å². The second kappa shape index (κ2) is 5.64. The van der Waals surface area contributed by atoms with Crippen LogP contribution in [0.25, 0.3) is 0 Å². The standard InChI is InChI=1S/C13H17NO2/c1-9(2)10-3-5-11(6-4-10)13(16)12(15)7-8-14/h3-6,9,12-13,15-16H,7H2,1-2H3. The topological polar surface area (TPSA) is 64.2 Å². The SMILES string of the molecule is CC(C)c1ccc(C(O)C(O)CC#N)cc1. The van der Waals surface area contributed by atoms with Crippen molar-refractivity contribution in [1.82, 2.24) is 0 Å². The van der Waals surface area contributed by atoms with Gasteiger partial charge in [-0.25, -0.2) is 0 Å². The summed E-state index contributed by atoms with van der Waals surface area (Å²) in [6, 6.07) is 9.29. The van der Waals surface area contributed by atoms with E-state index >= 15 is 0 Å². The molecule has 0 saturated heterocycles. The lowest BCUT2D eigenvalue weighted by atomic mass is 9.97. The molecule has 3 nitrogen and oxygen atoms in total. The Labute approximate surface area is 96.0 Å². The van der Waals surface area contributed by atoms with E-state index in [9.17, 15) is 10.2 Å². The van der Waals surface area contributed by atoms with Crippen LogP contribution in [0.1, 0.15) is 43.4 Å². The molecule has 3 heteroatoms. The molecule has 0 bridgehead atoms. The van der Waals surface area contributed by atoms with Crippen LogP contribution in [0.3, 0.4) is 0 Å². The summed E-state index contributed by atoms with van der Waals surface area (Å²) in [7, 11) is 0. The minimum Gasteiger partial charge on any atom is -0.389 e. The summed E-state index contributed by atoms with van der Waals surface area (Å²) in [5, 5.41) is 27.7. The maximum Gasteiger partial charge on any atom is 0.106 e. The average Bonchev–Trinajstić information content (AvgIpc) is 2.28. The van der Waals surface area contributed by atoms with Gasteiger partial charge in [-0.1, -0.05) is 38.1 Å². The number of benzene rings is 1. The summed E-state index contributed by atoms with van der Waals surface area (Å²) in [6.45, 7) is 4.19. The van der Waals surface area contributed by atoms with Crippen LogP contribution >= 0.6 is 0 Å². The lowest BCUT2D eigenvalue weighted by molar-refractivity contribution is 0.0216. The zero-order valence-electron chi connectivity index (χ0n) is 9.59. The van der Waals surface area contributed by atoms with Gasteiger partial charge in [-0.05, 0) is 17.0 Å². The second-order valence-corrected chi connectivity index (χ2v) is 4.20. The van der Waals surface area contributed by atoms with Gasteiger partial charge in [0.25, 0.3) is 0 Å². The van der Waals surface area contributed by atoms with E-state index in [0.29, 0.717) is 11.5 Å². The molecule has 86 valence electrons. The fourth-order valence-corrected chi connectivity index (χ4v) is 1.51. The number of nitriles is 1. The molecule has 1 rings (SSSR count). The van der Waals surface area contributed by atoms with Gasteiger partial charge in [-0.2, -0.15) is 5.26 Å². The lowest BCUT2D eigenvalue weighted by Gasteiger charge is -2.16. The number of hydrogen-bond acceptors (Lipinski definition) is 3. The fraction of sp³-hybridized carbons (Fsp3) is 0.462. The van der Waals surface area contributed by atoms with Crippen molar-refractivity contribution in [3.05, 3.63) is 35.4 Å². The largest absolute Gasteiger partial charge is 0.389 e. The molecule has 0 aliphatic heterocycles. The van der Waals surface area contributed by atoms with E-state index in [1.54, 1.807) is 12.1 Å². The molecule has 0 aliphatic rings. The third-order valence-corrected chi connectivity index (χ3v) is 2.61. The van der Waals surface area contributed by atoms with Gasteiger partial charge in [0, 0.05) is 0 Å². The zero-order chi connectivity index (χ0) is 12.1. The molecule has 2 atom stereocenters. The number of nitrogens with zero attached hydrogens (tertiary/aromatic N) is 1. The zero-order valence-corrected chi connectivity index (χ0v) is 9.59. The van der Waals surface area contributed by atoms with Crippen molar-refractivity contribution in [3.63, 3.8) is 0 Å². The Bertz CT molecular complexity index is 365. The monoisotopic (exact) mass is 219 g/mol. The van der Waals surface area contributed by atoms with Crippen molar-refractivity contribution in [2.45, 2.75) is 38.4 Å². The van der Waals surface area contributed by atoms with E-state index in [0.717, 1.165) is 0 Å². The Morgan fingerprint density at radius 3 is 2.06 bits per heavy atom. The summed E-state index contributed by atoms with van der Waals surface area (Å²) in [6.07, 6.45) is -2.07. The second-order valence-electron chi connectivity index (χ2n) is 4.20. The van der Waals surface area contributed by atoms with E-state index in [1.165, 1.54) is 5.56 Å². The van der Waals surface area contributed by atoms with Crippen LogP contribution in [0.15, 0.2) is 24.3 Å². The van der Waals surface area contributed by atoms with Crippen LogP contribution < -0.4 is 0 Å². The Morgan fingerprint density at radius 2 is 1.62 bits per heavy atom. The molecule has 1 aromatic carbocycles. The van der Waals surface area contributed by atoms with E-state index in [-0.39, 0.29) is 6.42 Å². The summed E-state index contributed by atoms with van der Waals surface area (Å²) >= 11 is 0. The van der Waals surface area contributed by atoms with Crippen molar-refractivity contribution in [2.24, 2.45) is 0 Å². The van der Waals surface area contributed by atoms with Crippen LogP contribution in [0, 0.1) is 11.3 Å². The molecule has 0 saturated carbocycles. The molecule has 0 fully saturated rings. The molecule has 0 amide bonds. The van der Waals surface area contributed by atoms with E-state index < -0.39 is 12.2 Å². The summed E-state index contributed by atoms with van der Waals surface area (Å²) in [5.74, 6) is 0.440. The maximum absolute atomic E-state index is 9.75. The molecule has 2 unspecified atom stereocenters. The molecule has 0 radical (unpaired) electrons. The van der Waals surface area contributed by atoms with Crippen molar-refractivity contribution < 1.29 is 10.2 Å². The molecule has 0 spiro atoms. The maximum atomic E-state index is 9.75. The highest BCUT2D eigenvalue weighted by Crippen LogP contribution is 2.21. The number of hydrogen-bond donors (Lipinski definition) is 2. The van der Waals surface area contributed by atoms with Crippen LogP contribution in [0.5, 0.6) is 0 Å². The third kappa shape index (κ3) is 3.06. The summed E-state index contributed by atoms with van der Waals surface area (Å²) in [4.78, 5) is 0. The first-order valence-electron chi connectivity index (χ1n) is 5.39. The lowest BCUT2D eigenvalue weighted by Crippen LogP contribution is -2.17. The van der Waals surface area contributed by atoms with Gasteiger partial charge in [-0.3, -0.25) is 0 Å². The highest BCUT2D eigenvalue weighted by Gasteiger charge is 2.17. The summed E-state index contributed by atoms with van der Waals surface area (Å²) in [5.41, 5.74) is 1.83. The Hall–Kier alpha value is -1.37. The van der Waals surface area contributed by atoms with Crippen LogP contribution in [0.4, 0.5) is 0 Å². The van der Waals surface area contributed by atoms with Gasteiger partial charge >= 0.3 is 0 Å². The first kappa shape index (κ1) is 12.7. The van der Waals surface area contributed by atoms with E-state index in [1.807, 2.05) is 18.2 Å². The Morgan fingerprint density at radius 1 is 1.12 bits per heavy atom. The fourth-order valence-electron chi connectivity index (χ4n) is 1.51. The van der Waals surface area contributed by atoms with Crippen LogP contribution in [-0.4, -0.2) is 16.3 Å². The highest BCUT2D eigenvalue weighted by atomic mass is 16.3. The summed E-state index contributed by atoms with van der Waals surface area (Å²) < 4.78 is 0. The molecule has 0 heterocycles. The number of aliphatic hydroxyl groups is 2. The Kier molecular flexibility index (Phi) is 4.48. The number of rotatable bonds is 4. The normalized spacial score (nSPS) is 14.5. The van der Waals surface area contributed by atoms with Gasteiger partial charge in [0.2, 0.25) is 0 Å². The molecule has 1 aromatic rings. The van der Waals surface area contributed by atoms with Crippen molar-refractivity contribution in [3.8, 4) is 6.07 Å². The predicted molar refractivity (Wildman–Crippen MR) is 61.7 cm³/mol. The molecule has 0 aromatic heterocycles. The predicted octanol–water partition coefficient (Wildman–Crippen LogP) is 2.12. The van der Waals surface area contributed by atoms with Gasteiger partial charge in [0.1, 0.15) is 6.10 Å². The smallest absolute Gasteiger partial charge is 0.106 e. The first-order valence-corrected chi connectivity index (χ1v) is 5.39. The van der Waals surface area contributed by atoms with Crippen molar-refractivity contribution in [1.29, 1.82) is 5.26 Å². The van der Waals surface area contributed by atoms with E-state index in [4.69, 9.17) is 5.26 Å². The molecular formula is C13H17NO2. The minimum absolute atomic E-state index is 0.0624. The third-order valence-electron chi connectivity index (χ3n) is 2.61. The first-order chi connectivity index (χ1) is 7.56. The molecule has 2 N–H and O–H groups in total. The quantitative estimate of drug-likeness (QED) is 0.815. The van der Waals surface area contributed by atoms with Gasteiger partial charge in [-0.15, -0.1) is 0 Å². The van der Waals surface area contributed by atoms with Gasteiger partial charge < -0.3 is 10.2 Å². The molecule has 0 aliphatic carbocycles. The molecule has 16 heavy (non-hydrogen) atoms. The van der Waals surface area contributed by atoms with Crippen LogP contribution in [-0.2, 0) is 0 Å². The Balaban J connectivity index is 2.78. The van der Waals surface area contributed by atoms with Gasteiger partial charge in [0.05, 0.1) is 18.6 Å². The van der Waals surface area contributed by atoms with Crippen molar-refractivity contribution >= 4 is 0 Å².